The Labute approximate surface area is 106 Å². The number of hydrogen-bond acceptors (Lipinski definition) is 5. The largest absolute Gasteiger partial charge is 0.375 e. The fraction of sp³-hybridized carbons (Fsp3) is 0.667. The predicted molar refractivity (Wildman–Crippen MR) is 69.1 cm³/mol. The van der Waals surface area contributed by atoms with Gasteiger partial charge in [-0.3, -0.25) is 4.79 Å². The fourth-order valence-corrected chi connectivity index (χ4v) is 2.98. The number of thiazole rings is 1. The van der Waals surface area contributed by atoms with Crippen LogP contribution in [0.25, 0.3) is 0 Å². The summed E-state index contributed by atoms with van der Waals surface area (Å²) in [5.41, 5.74) is 0.844. The maximum Gasteiger partial charge on any atom is 0.186 e. The maximum absolute atomic E-state index is 11.4. The van der Waals surface area contributed by atoms with E-state index in [2.05, 4.69) is 16.8 Å². The molecule has 17 heavy (non-hydrogen) atoms. The first-order valence-corrected chi connectivity index (χ1v) is 6.78. The third kappa shape index (κ3) is 2.66. The second-order valence-corrected chi connectivity index (χ2v) is 5.29. The van der Waals surface area contributed by atoms with E-state index in [1.807, 2.05) is 6.92 Å². The van der Waals surface area contributed by atoms with Crippen molar-refractivity contribution in [3.05, 3.63) is 10.6 Å². The minimum absolute atomic E-state index is 0.103. The molecule has 1 saturated heterocycles. The van der Waals surface area contributed by atoms with Crippen LogP contribution in [-0.4, -0.2) is 36.6 Å². The Morgan fingerprint density at radius 2 is 2.41 bits per heavy atom. The average Bonchev–Trinajstić information content (AvgIpc) is 2.71. The third-order valence-corrected chi connectivity index (χ3v) is 4.29. The van der Waals surface area contributed by atoms with E-state index >= 15 is 0 Å². The Balaban J connectivity index is 2.16. The highest BCUT2D eigenvalue weighted by atomic mass is 32.1. The molecule has 2 rings (SSSR count). The van der Waals surface area contributed by atoms with Crippen LogP contribution in [0.4, 0.5) is 5.13 Å². The molecule has 0 bridgehead atoms. The Morgan fingerprint density at radius 3 is 3.00 bits per heavy atom. The second-order valence-electron chi connectivity index (χ2n) is 4.31. The van der Waals surface area contributed by atoms with Crippen LogP contribution in [0.2, 0.25) is 0 Å². The molecule has 2 heterocycles. The number of aromatic nitrogens is 1. The lowest BCUT2D eigenvalue weighted by atomic mass is 10.2. The molecular weight excluding hydrogens is 236 g/mol. The van der Waals surface area contributed by atoms with Gasteiger partial charge in [0, 0.05) is 20.0 Å². The number of Topliss-reactive ketones (excluding diaryl/α,β-unsaturated/α-hetero) is 1. The van der Waals surface area contributed by atoms with E-state index < -0.39 is 0 Å². The number of morpholine rings is 1. The van der Waals surface area contributed by atoms with Gasteiger partial charge in [-0.25, -0.2) is 4.98 Å². The van der Waals surface area contributed by atoms with Gasteiger partial charge in [0.15, 0.2) is 10.9 Å². The van der Waals surface area contributed by atoms with Crippen LogP contribution in [0.3, 0.4) is 0 Å². The first-order chi connectivity index (χ1) is 8.11. The van der Waals surface area contributed by atoms with Gasteiger partial charge >= 0.3 is 0 Å². The van der Waals surface area contributed by atoms with Gasteiger partial charge in [-0.05, 0) is 13.3 Å². The number of aryl methyl sites for hydroxylation is 1. The van der Waals surface area contributed by atoms with Gasteiger partial charge in [-0.15, -0.1) is 0 Å². The normalized spacial score (nSPS) is 20.6. The maximum atomic E-state index is 11.4. The number of carbonyl (C=O) groups excluding carboxylic acids is 1. The first-order valence-electron chi connectivity index (χ1n) is 5.96. The Hall–Kier alpha value is -0.940. The van der Waals surface area contributed by atoms with Crippen LogP contribution < -0.4 is 4.90 Å². The summed E-state index contributed by atoms with van der Waals surface area (Å²) in [5, 5.41) is 0.953. The summed E-state index contributed by atoms with van der Waals surface area (Å²) < 4.78 is 5.63. The highest BCUT2D eigenvalue weighted by molar-refractivity contribution is 7.17. The molecule has 0 amide bonds. The molecule has 0 N–H and O–H groups in total. The van der Waals surface area contributed by atoms with E-state index in [-0.39, 0.29) is 11.9 Å². The van der Waals surface area contributed by atoms with Crippen molar-refractivity contribution in [1.82, 2.24) is 4.98 Å². The van der Waals surface area contributed by atoms with Gasteiger partial charge in [0.25, 0.3) is 0 Å². The van der Waals surface area contributed by atoms with Crippen molar-refractivity contribution in [2.75, 3.05) is 24.6 Å². The molecule has 1 fully saturated rings. The molecule has 0 aromatic carbocycles. The molecule has 1 aliphatic heterocycles. The summed E-state index contributed by atoms with van der Waals surface area (Å²) in [6, 6.07) is 0. The standard InChI is InChI=1S/C12H18N2O2S/c1-4-10-7-14(5-6-16-10)12-13-8(2)11(17-12)9(3)15/h10H,4-7H2,1-3H3. The van der Waals surface area contributed by atoms with Gasteiger partial charge in [-0.1, -0.05) is 18.3 Å². The van der Waals surface area contributed by atoms with Crippen molar-refractivity contribution in [1.29, 1.82) is 0 Å². The molecule has 1 unspecified atom stereocenters. The first kappa shape index (κ1) is 12.5. The quantitative estimate of drug-likeness (QED) is 0.776. The smallest absolute Gasteiger partial charge is 0.186 e. The number of rotatable bonds is 3. The molecule has 0 radical (unpaired) electrons. The van der Waals surface area contributed by atoms with Crippen molar-refractivity contribution in [3.8, 4) is 0 Å². The van der Waals surface area contributed by atoms with Crippen LogP contribution in [-0.2, 0) is 4.74 Å². The molecule has 1 atom stereocenters. The summed E-state index contributed by atoms with van der Waals surface area (Å²) in [5.74, 6) is 0.103. The fourth-order valence-electron chi connectivity index (χ4n) is 1.98. The Kier molecular flexibility index (Phi) is 3.79. The van der Waals surface area contributed by atoms with E-state index in [0.29, 0.717) is 0 Å². The number of hydrogen-bond donors (Lipinski definition) is 0. The minimum atomic E-state index is 0.103. The van der Waals surface area contributed by atoms with Crippen LogP contribution in [0.15, 0.2) is 0 Å². The van der Waals surface area contributed by atoms with E-state index in [1.165, 1.54) is 11.3 Å². The zero-order chi connectivity index (χ0) is 12.4. The molecule has 0 spiro atoms. The Morgan fingerprint density at radius 1 is 1.65 bits per heavy atom. The lowest BCUT2D eigenvalue weighted by Crippen LogP contribution is -2.42. The van der Waals surface area contributed by atoms with Gasteiger partial charge in [-0.2, -0.15) is 0 Å². The van der Waals surface area contributed by atoms with Gasteiger partial charge in [0.2, 0.25) is 0 Å². The molecule has 1 aromatic heterocycles. The third-order valence-electron chi connectivity index (χ3n) is 2.97. The predicted octanol–water partition coefficient (Wildman–Crippen LogP) is 2.27. The van der Waals surface area contributed by atoms with Crippen LogP contribution in [0, 0.1) is 6.92 Å². The molecule has 1 aromatic rings. The number of nitrogens with zero attached hydrogens (tertiary/aromatic N) is 2. The van der Waals surface area contributed by atoms with E-state index in [9.17, 15) is 4.79 Å². The number of ether oxygens (including phenoxy) is 1. The lowest BCUT2D eigenvalue weighted by molar-refractivity contribution is 0.0384. The summed E-state index contributed by atoms with van der Waals surface area (Å²) in [7, 11) is 0. The summed E-state index contributed by atoms with van der Waals surface area (Å²) >= 11 is 1.50. The summed E-state index contributed by atoms with van der Waals surface area (Å²) in [6.45, 7) is 8.10. The molecule has 4 nitrogen and oxygen atoms in total. The summed E-state index contributed by atoms with van der Waals surface area (Å²) in [4.78, 5) is 18.9. The minimum Gasteiger partial charge on any atom is -0.375 e. The number of carbonyl (C=O) groups is 1. The van der Waals surface area contributed by atoms with Crippen LogP contribution >= 0.6 is 11.3 Å². The van der Waals surface area contributed by atoms with E-state index in [0.717, 1.165) is 41.8 Å². The summed E-state index contributed by atoms with van der Waals surface area (Å²) in [6.07, 6.45) is 1.30. The zero-order valence-corrected chi connectivity index (χ0v) is 11.3. The highest BCUT2D eigenvalue weighted by Gasteiger charge is 2.23. The second kappa shape index (κ2) is 5.14. The Bertz CT molecular complexity index is 417. The van der Waals surface area contributed by atoms with Crippen molar-refractivity contribution < 1.29 is 9.53 Å². The molecule has 5 heteroatoms. The number of ketones is 1. The molecule has 0 aliphatic carbocycles. The monoisotopic (exact) mass is 254 g/mol. The number of anilines is 1. The van der Waals surface area contributed by atoms with E-state index in [4.69, 9.17) is 4.74 Å². The van der Waals surface area contributed by atoms with Crippen LogP contribution in [0.5, 0.6) is 0 Å². The van der Waals surface area contributed by atoms with E-state index in [1.54, 1.807) is 6.92 Å². The van der Waals surface area contributed by atoms with Crippen molar-refractivity contribution in [2.24, 2.45) is 0 Å². The molecule has 1 aliphatic rings. The van der Waals surface area contributed by atoms with Crippen molar-refractivity contribution in [3.63, 3.8) is 0 Å². The molecule has 0 saturated carbocycles. The van der Waals surface area contributed by atoms with Crippen LogP contribution in [0.1, 0.15) is 35.6 Å². The average molecular weight is 254 g/mol. The molecule has 94 valence electrons. The lowest BCUT2D eigenvalue weighted by Gasteiger charge is -2.32. The van der Waals surface area contributed by atoms with Crippen molar-refractivity contribution >= 4 is 22.3 Å². The molecular formula is C12H18N2O2S. The highest BCUT2D eigenvalue weighted by Crippen LogP contribution is 2.28. The zero-order valence-electron chi connectivity index (χ0n) is 10.5. The van der Waals surface area contributed by atoms with Gasteiger partial charge in [0.1, 0.15) is 0 Å². The van der Waals surface area contributed by atoms with Gasteiger partial charge < -0.3 is 9.64 Å². The SMILES string of the molecule is CCC1CN(c2nc(C)c(C(C)=O)s2)CCO1. The topological polar surface area (TPSA) is 42.4 Å². The van der Waals surface area contributed by atoms with Gasteiger partial charge in [0.05, 0.1) is 23.3 Å². The van der Waals surface area contributed by atoms with Crippen molar-refractivity contribution in [2.45, 2.75) is 33.3 Å².